The number of benzene rings is 2. The first-order valence-corrected chi connectivity index (χ1v) is 8.07. The van der Waals surface area contributed by atoms with Crippen LogP contribution < -0.4 is 5.32 Å². The minimum Gasteiger partial charge on any atom is -0.319 e. The highest BCUT2D eigenvalue weighted by atomic mass is 16.1. The van der Waals surface area contributed by atoms with E-state index in [0.29, 0.717) is 17.1 Å². The van der Waals surface area contributed by atoms with Gasteiger partial charge in [0.25, 0.3) is 5.91 Å². The molecule has 2 aromatic carbocycles. The van der Waals surface area contributed by atoms with Crippen LogP contribution in [0.4, 0.5) is 5.69 Å². The molecule has 0 aliphatic heterocycles. The van der Waals surface area contributed by atoms with Gasteiger partial charge in [0.05, 0.1) is 24.4 Å². The van der Waals surface area contributed by atoms with Gasteiger partial charge >= 0.3 is 0 Å². The Hall–Kier alpha value is -3.80. The summed E-state index contributed by atoms with van der Waals surface area (Å²) < 4.78 is 1.87. The van der Waals surface area contributed by atoms with Crippen LogP contribution in [0.15, 0.2) is 85.7 Å². The Morgan fingerprint density at radius 1 is 0.923 bits per heavy atom. The van der Waals surface area contributed by atoms with Gasteiger partial charge in [0.15, 0.2) is 5.82 Å². The van der Waals surface area contributed by atoms with Crippen molar-refractivity contribution in [2.45, 2.75) is 0 Å². The molecule has 2 heterocycles. The summed E-state index contributed by atoms with van der Waals surface area (Å²) in [7, 11) is 0. The molecule has 0 atom stereocenters. The summed E-state index contributed by atoms with van der Waals surface area (Å²) in [4.78, 5) is 25.0. The normalized spacial score (nSPS) is 10.5. The molecule has 6 nitrogen and oxygen atoms in total. The summed E-state index contributed by atoms with van der Waals surface area (Å²) in [5.74, 6) is 0.409. The fourth-order valence-electron chi connectivity index (χ4n) is 2.53. The predicted octanol–water partition coefficient (Wildman–Crippen LogP) is 3.58. The van der Waals surface area contributed by atoms with Gasteiger partial charge < -0.3 is 9.88 Å². The van der Waals surface area contributed by atoms with Crippen molar-refractivity contribution in [3.8, 4) is 17.1 Å². The van der Waals surface area contributed by atoms with Crippen molar-refractivity contribution in [1.29, 1.82) is 0 Å². The first-order valence-electron chi connectivity index (χ1n) is 8.07. The van der Waals surface area contributed by atoms with Crippen molar-refractivity contribution in [3.05, 3.63) is 91.3 Å². The Bertz CT molecular complexity index is 995. The molecule has 4 aromatic rings. The van der Waals surface area contributed by atoms with Crippen LogP contribution >= 0.6 is 0 Å². The standard InChI is InChI=1S/C20H15N5O/c26-20(16-6-8-18(9-7-16)25-11-10-21-14-25)24-17-12-22-19(23-13-17)15-4-2-1-3-5-15/h1-14H,(H,24,26). The molecule has 1 amide bonds. The van der Waals surface area contributed by atoms with E-state index in [9.17, 15) is 4.79 Å². The van der Waals surface area contributed by atoms with Crippen molar-refractivity contribution >= 4 is 11.6 Å². The van der Waals surface area contributed by atoms with Crippen molar-refractivity contribution in [2.75, 3.05) is 5.32 Å². The van der Waals surface area contributed by atoms with Gasteiger partial charge in [0.1, 0.15) is 0 Å². The van der Waals surface area contributed by atoms with E-state index >= 15 is 0 Å². The molecule has 0 saturated heterocycles. The highest BCUT2D eigenvalue weighted by Gasteiger charge is 2.08. The third kappa shape index (κ3) is 3.34. The molecular weight excluding hydrogens is 326 g/mol. The van der Waals surface area contributed by atoms with Gasteiger partial charge in [-0.2, -0.15) is 0 Å². The minimum atomic E-state index is -0.210. The van der Waals surface area contributed by atoms with Crippen LogP contribution in [0.2, 0.25) is 0 Å². The number of hydrogen-bond acceptors (Lipinski definition) is 4. The van der Waals surface area contributed by atoms with Crippen LogP contribution in [0.1, 0.15) is 10.4 Å². The first-order chi connectivity index (χ1) is 12.8. The van der Waals surface area contributed by atoms with Crippen LogP contribution in [0, 0.1) is 0 Å². The van der Waals surface area contributed by atoms with E-state index in [2.05, 4.69) is 20.3 Å². The number of rotatable bonds is 4. The van der Waals surface area contributed by atoms with Crippen LogP contribution in [-0.2, 0) is 0 Å². The van der Waals surface area contributed by atoms with Gasteiger partial charge in [-0.3, -0.25) is 4.79 Å². The van der Waals surface area contributed by atoms with Crippen molar-refractivity contribution in [1.82, 2.24) is 19.5 Å². The Labute approximate surface area is 150 Å². The van der Waals surface area contributed by atoms with Gasteiger partial charge in [0, 0.05) is 29.2 Å². The van der Waals surface area contributed by atoms with Crippen molar-refractivity contribution in [2.24, 2.45) is 0 Å². The van der Waals surface area contributed by atoms with Crippen LogP contribution in [0.5, 0.6) is 0 Å². The van der Waals surface area contributed by atoms with E-state index in [1.165, 1.54) is 0 Å². The zero-order valence-electron chi connectivity index (χ0n) is 13.8. The van der Waals surface area contributed by atoms with Crippen molar-refractivity contribution < 1.29 is 4.79 Å². The molecule has 26 heavy (non-hydrogen) atoms. The molecule has 4 rings (SSSR count). The fraction of sp³-hybridized carbons (Fsp3) is 0. The second-order valence-electron chi connectivity index (χ2n) is 5.63. The molecule has 6 heteroatoms. The average Bonchev–Trinajstić information content (AvgIpc) is 3.24. The fourth-order valence-corrected chi connectivity index (χ4v) is 2.53. The average molecular weight is 341 g/mol. The quantitative estimate of drug-likeness (QED) is 0.616. The van der Waals surface area contributed by atoms with E-state index in [1.807, 2.05) is 53.2 Å². The van der Waals surface area contributed by atoms with E-state index < -0.39 is 0 Å². The third-order valence-electron chi connectivity index (χ3n) is 3.87. The highest BCUT2D eigenvalue weighted by Crippen LogP contribution is 2.16. The summed E-state index contributed by atoms with van der Waals surface area (Å²) in [6.45, 7) is 0. The van der Waals surface area contributed by atoms with Gasteiger partial charge in [-0.25, -0.2) is 15.0 Å². The Kier molecular flexibility index (Phi) is 4.22. The third-order valence-corrected chi connectivity index (χ3v) is 3.87. The number of amides is 1. The number of nitrogens with zero attached hydrogens (tertiary/aromatic N) is 4. The molecule has 0 unspecified atom stereocenters. The van der Waals surface area contributed by atoms with E-state index in [4.69, 9.17) is 0 Å². The predicted molar refractivity (Wildman–Crippen MR) is 99.0 cm³/mol. The van der Waals surface area contributed by atoms with E-state index in [1.54, 1.807) is 37.1 Å². The van der Waals surface area contributed by atoms with Gasteiger partial charge in [-0.1, -0.05) is 30.3 Å². The van der Waals surface area contributed by atoms with Crippen LogP contribution in [0.3, 0.4) is 0 Å². The second kappa shape index (κ2) is 6.98. The molecular formula is C20H15N5O. The topological polar surface area (TPSA) is 72.7 Å². The summed E-state index contributed by atoms with van der Waals surface area (Å²) in [6.07, 6.45) is 8.47. The number of hydrogen-bond donors (Lipinski definition) is 1. The zero-order valence-corrected chi connectivity index (χ0v) is 13.8. The molecule has 0 spiro atoms. The molecule has 126 valence electrons. The molecule has 1 N–H and O–H groups in total. The van der Waals surface area contributed by atoms with E-state index in [-0.39, 0.29) is 5.91 Å². The number of anilines is 1. The summed E-state index contributed by atoms with van der Waals surface area (Å²) >= 11 is 0. The van der Waals surface area contributed by atoms with Gasteiger partial charge in [-0.15, -0.1) is 0 Å². The Balaban J connectivity index is 1.46. The molecule has 0 radical (unpaired) electrons. The number of imidazole rings is 1. The smallest absolute Gasteiger partial charge is 0.255 e. The number of carbonyl (C=O) groups excluding carboxylic acids is 1. The monoisotopic (exact) mass is 341 g/mol. The maximum absolute atomic E-state index is 12.4. The highest BCUT2D eigenvalue weighted by molar-refractivity contribution is 6.04. The molecule has 0 saturated carbocycles. The SMILES string of the molecule is O=C(Nc1cnc(-c2ccccc2)nc1)c1ccc(-n2ccnc2)cc1. The van der Waals surface area contributed by atoms with Crippen molar-refractivity contribution in [3.63, 3.8) is 0 Å². The van der Waals surface area contributed by atoms with Crippen LogP contribution in [0.25, 0.3) is 17.1 Å². The van der Waals surface area contributed by atoms with Gasteiger partial charge in [-0.05, 0) is 24.3 Å². The first kappa shape index (κ1) is 15.7. The number of aromatic nitrogens is 4. The summed E-state index contributed by atoms with van der Waals surface area (Å²) in [6, 6.07) is 17.0. The molecule has 0 aliphatic rings. The van der Waals surface area contributed by atoms with E-state index in [0.717, 1.165) is 11.3 Å². The Morgan fingerprint density at radius 2 is 1.65 bits per heavy atom. The molecule has 0 fully saturated rings. The number of carbonyl (C=O) groups is 1. The minimum absolute atomic E-state index is 0.210. The second-order valence-corrected chi connectivity index (χ2v) is 5.63. The maximum atomic E-state index is 12.4. The lowest BCUT2D eigenvalue weighted by Gasteiger charge is -2.07. The van der Waals surface area contributed by atoms with Crippen LogP contribution in [-0.4, -0.2) is 25.4 Å². The number of nitrogens with one attached hydrogen (secondary N) is 1. The molecule has 0 bridgehead atoms. The maximum Gasteiger partial charge on any atom is 0.255 e. The largest absolute Gasteiger partial charge is 0.319 e. The van der Waals surface area contributed by atoms with Gasteiger partial charge in [0.2, 0.25) is 0 Å². The Morgan fingerprint density at radius 3 is 2.31 bits per heavy atom. The molecule has 0 aliphatic carbocycles. The lowest BCUT2D eigenvalue weighted by molar-refractivity contribution is 0.102. The summed E-state index contributed by atoms with van der Waals surface area (Å²) in [5.41, 5.74) is 2.98. The summed E-state index contributed by atoms with van der Waals surface area (Å²) in [5, 5.41) is 2.81. The molecule has 2 aromatic heterocycles. The zero-order chi connectivity index (χ0) is 17.8. The lowest BCUT2D eigenvalue weighted by atomic mass is 10.2. The lowest BCUT2D eigenvalue weighted by Crippen LogP contribution is -2.12.